The summed E-state index contributed by atoms with van der Waals surface area (Å²) < 4.78 is 10.9. The van der Waals surface area contributed by atoms with Crippen molar-refractivity contribution in [2.45, 2.75) is 64.4 Å². The van der Waals surface area contributed by atoms with Gasteiger partial charge in [0, 0.05) is 25.8 Å². The third-order valence-electron chi connectivity index (χ3n) is 3.69. The predicted molar refractivity (Wildman–Crippen MR) is 126 cm³/mol. The van der Waals surface area contributed by atoms with E-state index < -0.39 is 17.0 Å². The number of nitrogens with zero attached hydrogens (tertiary/aromatic N) is 1. The highest BCUT2D eigenvalue weighted by Gasteiger charge is 2.28. The summed E-state index contributed by atoms with van der Waals surface area (Å²) in [7, 11) is 4.76. The number of aldehydes is 1. The third-order valence-corrected chi connectivity index (χ3v) is 7.25. The molecule has 1 N–H and O–H groups in total. The van der Waals surface area contributed by atoms with Gasteiger partial charge in [0.25, 0.3) is 0 Å². The fraction of sp³-hybridized carbons (Fsp3) is 0.714. The smallest absolute Gasteiger partial charge is 0.302 e. The molecule has 0 aromatic heterocycles. The highest BCUT2D eigenvalue weighted by Crippen LogP contribution is 2.38. The standard InChI is InChI=1S/C21H36N2O6S2/c1-16(25)28-14-21(6,7)31-30-15-20(4,5)29-13-19(2,3)22-17(26)12-23(8)18(27)10-9-11-24/h9-11H,12-15H2,1-8H3,(H,22,26)/b10-9-. The number of amides is 2. The van der Waals surface area contributed by atoms with Gasteiger partial charge in [0.1, 0.15) is 12.9 Å². The Morgan fingerprint density at radius 1 is 1.06 bits per heavy atom. The number of ether oxygens (including phenoxy) is 2. The number of likely N-dealkylation sites (N-methyl/N-ethyl adjacent to an activating group) is 1. The summed E-state index contributed by atoms with van der Waals surface area (Å²) in [6.07, 6.45) is 2.70. The summed E-state index contributed by atoms with van der Waals surface area (Å²) in [5, 5.41) is 2.87. The van der Waals surface area contributed by atoms with E-state index in [4.69, 9.17) is 9.47 Å². The quantitative estimate of drug-likeness (QED) is 0.177. The maximum atomic E-state index is 12.3. The van der Waals surface area contributed by atoms with Crippen molar-refractivity contribution in [3.63, 3.8) is 0 Å². The molecular weight excluding hydrogens is 440 g/mol. The van der Waals surface area contributed by atoms with Gasteiger partial charge < -0.3 is 19.7 Å². The van der Waals surface area contributed by atoms with Crippen LogP contribution in [0.15, 0.2) is 12.2 Å². The zero-order valence-corrected chi connectivity index (χ0v) is 21.4. The Morgan fingerprint density at radius 3 is 2.23 bits per heavy atom. The highest BCUT2D eigenvalue weighted by atomic mass is 33.1. The Labute approximate surface area is 193 Å². The Morgan fingerprint density at radius 2 is 1.68 bits per heavy atom. The molecule has 0 rings (SSSR count). The minimum absolute atomic E-state index is 0.126. The van der Waals surface area contributed by atoms with Crippen molar-refractivity contribution in [1.82, 2.24) is 10.2 Å². The van der Waals surface area contributed by atoms with Crippen molar-refractivity contribution in [3.8, 4) is 0 Å². The average molecular weight is 477 g/mol. The molecule has 31 heavy (non-hydrogen) atoms. The number of hydrogen-bond donors (Lipinski definition) is 1. The summed E-state index contributed by atoms with van der Waals surface area (Å²) in [6, 6.07) is 0. The number of carbonyl (C=O) groups excluding carboxylic acids is 4. The van der Waals surface area contributed by atoms with Crippen LogP contribution in [0.5, 0.6) is 0 Å². The van der Waals surface area contributed by atoms with E-state index in [1.54, 1.807) is 21.6 Å². The molecule has 0 heterocycles. The maximum Gasteiger partial charge on any atom is 0.302 e. The van der Waals surface area contributed by atoms with E-state index >= 15 is 0 Å². The van der Waals surface area contributed by atoms with E-state index in [-0.39, 0.29) is 29.8 Å². The molecule has 0 saturated heterocycles. The maximum absolute atomic E-state index is 12.3. The number of hydrogen-bond acceptors (Lipinski definition) is 8. The Hall–Kier alpha value is -1.52. The van der Waals surface area contributed by atoms with Crippen molar-refractivity contribution in [2.75, 3.05) is 32.6 Å². The lowest BCUT2D eigenvalue weighted by Gasteiger charge is -2.33. The van der Waals surface area contributed by atoms with Gasteiger partial charge in [-0.25, -0.2) is 0 Å². The summed E-state index contributed by atoms with van der Waals surface area (Å²) in [6.45, 7) is 13.6. The van der Waals surface area contributed by atoms with E-state index in [2.05, 4.69) is 5.32 Å². The summed E-state index contributed by atoms with van der Waals surface area (Å²) in [4.78, 5) is 46.5. The zero-order valence-electron chi connectivity index (χ0n) is 19.8. The molecule has 0 aliphatic rings. The van der Waals surface area contributed by atoms with Crippen molar-refractivity contribution >= 4 is 45.7 Å². The van der Waals surface area contributed by atoms with Crippen LogP contribution in [-0.2, 0) is 28.7 Å². The normalized spacial score (nSPS) is 12.5. The van der Waals surface area contributed by atoms with Crippen molar-refractivity contribution < 1.29 is 28.7 Å². The van der Waals surface area contributed by atoms with Crippen LogP contribution in [0, 0.1) is 0 Å². The molecule has 0 aliphatic heterocycles. The van der Waals surface area contributed by atoms with Crippen LogP contribution in [0.2, 0.25) is 0 Å². The van der Waals surface area contributed by atoms with Crippen LogP contribution >= 0.6 is 21.6 Å². The topological polar surface area (TPSA) is 102 Å². The van der Waals surface area contributed by atoms with E-state index in [1.165, 1.54) is 18.9 Å². The van der Waals surface area contributed by atoms with Gasteiger partial charge >= 0.3 is 5.97 Å². The number of rotatable bonds is 14. The monoisotopic (exact) mass is 476 g/mol. The lowest BCUT2D eigenvalue weighted by Crippen LogP contribution is -2.51. The highest BCUT2D eigenvalue weighted by molar-refractivity contribution is 8.77. The molecule has 0 unspecified atom stereocenters. The Balaban J connectivity index is 4.49. The second kappa shape index (κ2) is 13.1. The van der Waals surface area contributed by atoms with Crippen LogP contribution in [0.1, 0.15) is 48.5 Å². The molecule has 178 valence electrons. The van der Waals surface area contributed by atoms with Gasteiger partial charge in [-0.15, -0.1) is 0 Å². The minimum Gasteiger partial charge on any atom is -0.464 e. The zero-order chi connectivity index (χ0) is 24.3. The molecule has 0 aromatic carbocycles. The van der Waals surface area contributed by atoms with Gasteiger partial charge in [0.2, 0.25) is 11.8 Å². The second-order valence-corrected chi connectivity index (χ2v) is 12.1. The molecule has 0 saturated carbocycles. The van der Waals surface area contributed by atoms with Crippen LogP contribution in [0.25, 0.3) is 0 Å². The number of allylic oxidation sites excluding steroid dienone is 1. The SMILES string of the molecule is CC(=O)OCC(C)(C)SSCC(C)(C)OCC(C)(C)NC(=O)CN(C)C(=O)/C=C\C=O. The van der Waals surface area contributed by atoms with Gasteiger partial charge in [-0.2, -0.15) is 0 Å². The first-order chi connectivity index (χ1) is 14.1. The van der Waals surface area contributed by atoms with Gasteiger partial charge in [-0.05, 0) is 47.6 Å². The second-order valence-electron chi connectivity index (χ2n) is 9.06. The average Bonchev–Trinajstić information content (AvgIpc) is 2.62. The fourth-order valence-corrected chi connectivity index (χ4v) is 5.02. The first-order valence-electron chi connectivity index (χ1n) is 9.85. The van der Waals surface area contributed by atoms with Crippen LogP contribution in [0.3, 0.4) is 0 Å². The first-order valence-corrected chi connectivity index (χ1v) is 12.2. The molecule has 0 aliphatic carbocycles. The van der Waals surface area contributed by atoms with Crippen LogP contribution < -0.4 is 5.32 Å². The van der Waals surface area contributed by atoms with Crippen molar-refractivity contribution in [1.29, 1.82) is 0 Å². The first kappa shape index (κ1) is 29.5. The molecule has 0 spiro atoms. The van der Waals surface area contributed by atoms with Gasteiger partial charge in [-0.3, -0.25) is 19.2 Å². The molecule has 10 heteroatoms. The van der Waals surface area contributed by atoms with E-state index in [1.807, 2.05) is 41.5 Å². The summed E-state index contributed by atoms with van der Waals surface area (Å²) in [5.74, 6) is -0.340. The Bertz CT molecular complexity index is 662. The van der Waals surface area contributed by atoms with Crippen molar-refractivity contribution in [3.05, 3.63) is 12.2 Å². The number of esters is 1. The van der Waals surface area contributed by atoms with Crippen LogP contribution in [-0.4, -0.2) is 77.4 Å². The molecule has 8 nitrogen and oxygen atoms in total. The number of nitrogens with one attached hydrogen (secondary N) is 1. The molecular formula is C21H36N2O6S2. The predicted octanol–water partition coefficient (Wildman–Crippen LogP) is 2.61. The van der Waals surface area contributed by atoms with Gasteiger partial charge in [-0.1, -0.05) is 21.6 Å². The lowest BCUT2D eigenvalue weighted by molar-refractivity contribution is -0.141. The molecule has 0 atom stereocenters. The molecule has 0 aromatic rings. The van der Waals surface area contributed by atoms with Gasteiger partial charge in [0.15, 0.2) is 0 Å². The van der Waals surface area contributed by atoms with Gasteiger partial charge in [0.05, 0.1) is 29.0 Å². The lowest BCUT2D eigenvalue weighted by atomic mass is 10.1. The van der Waals surface area contributed by atoms with E-state index in [0.29, 0.717) is 18.6 Å². The number of carbonyl (C=O) groups is 4. The molecule has 0 bridgehead atoms. The fourth-order valence-electron chi connectivity index (χ4n) is 2.04. The summed E-state index contributed by atoms with van der Waals surface area (Å²) in [5.41, 5.74) is -1.08. The minimum atomic E-state index is -0.636. The molecule has 0 fully saturated rings. The van der Waals surface area contributed by atoms with E-state index in [0.717, 1.165) is 12.2 Å². The largest absolute Gasteiger partial charge is 0.464 e. The molecule has 2 amide bonds. The Kier molecular flexibility index (Phi) is 12.5. The molecule has 0 radical (unpaired) electrons. The summed E-state index contributed by atoms with van der Waals surface area (Å²) >= 11 is 0. The van der Waals surface area contributed by atoms with E-state index in [9.17, 15) is 19.2 Å². The third kappa shape index (κ3) is 15.0. The van der Waals surface area contributed by atoms with Crippen molar-refractivity contribution in [2.24, 2.45) is 0 Å². The van der Waals surface area contributed by atoms with Crippen LogP contribution in [0.4, 0.5) is 0 Å².